The fourth-order valence-corrected chi connectivity index (χ4v) is 4.59. The summed E-state index contributed by atoms with van der Waals surface area (Å²) in [4.78, 5) is 12.4. The third kappa shape index (κ3) is 8.34. The number of alkyl halides is 3. The van der Waals surface area contributed by atoms with Gasteiger partial charge in [0.05, 0.1) is 23.2 Å². The molecular weight excluding hydrogens is 580 g/mol. The van der Waals surface area contributed by atoms with Crippen LogP contribution >= 0.6 is 23.2 Å². The monoisotopic (exact) mass is 606 g/mol. The SMILES string of the molecule is CCCC[C@@H](COc1ccc(-c2ccc(C(F)(F)F)cc2Cl)c(Cl)c1)Nc1ccc(C(=O)NCc2nnn[nH]2)cc1. The Morgan fingerprint density at radius 2 is 1.73 bits per heavy atom. The second-order valence-corrected chi connectivity index (χ2v) is 10.1. The van der Waals surface area contributed by atoms with Crippen molar-refractivity contribution < 1.29 is 22.7 Å². The predicted molar refractivity (Wildman–Crippen MR) is 151 cm³/mol. The molecule has 0 aliphatic heterocycles. The van der Waals surface area contributed by atoms with Gasteiger partial charge in [-0.25, -0.2) is 5.10 Å². The summed E-state index contributed by atoms with van der Waals surface area (Å²) in [5.74, 6) is 0.713. The number of aromatic nitrogens is 4. The normalized spacial score (nSPS) is 12.1. The molecule has 1 aromatic heterocycles. The number of benzene rings is 3. The molecule has 0 spiro atoms. The summed E-state index contributed by atoms with van der Waals surface area (Å²) >= 11 is 12.6. The molecule has 4 aromatic rings. The maximum absolute atomic E-state index is 13.0. The molecule has 0 aliphatic carbocycles. The summed E-state index contributed by atoms with van der Waals surface area (Å²) in [6.45, 7) is 2.62. The number of carbonyl (C=O) groups is 1. The number of nitrogens with zero attached hydrogens (tertiary/aromatic N) is 3. The highest BCUT2D eigenvalue weighted by Crippen LogP contribution is 2.39. The van der Waals surface area contributed by atoms with Crippen molar-refractivity contribution >= 4 is 34.8 Å². The van der Waals surface area contributed by atoms with E-state index in [1.807, 2.05) is 12.1 Å². The minimum atomic E-state index is -4.49. The fraction of sp³-hybridized carbons (Fsp3) is 0.286. The lowest BCUT2D eigenvalue weighted by Crippen LogP contribution is -2.27. The Morgan fingerprint density at radius 3 is 2.34 bits per heavy atom. The van der Waals surface area contributed by atoms with Crippen LogP contribution in [0, 0.1) is 0 Å². The average Bonchev–Trinajstić information content (AvgIpc) is 3.47. The molecule has 13 heteroatoms. The number of hydrogen-bond acceptors (Lipinski definition) is 6. The Kier molecular flexibility index (Phi) is 10.1. The summed E-state index contributed by atoms with van der Waals surface area (Å²) in [5.41, 5.74) is 1.39. The lowest BCUT2D eigenvalue weighted by atomic mass is 10.0. The van der Waals surface area contributed by atoms with Crippen LogP contribution in [0.2, 0.25) is 10.0 Å². The molecule has 0 unspecified atom stereocenters. The first-order chi connectivity index (χ1) is 19.6. The van der Waals surface area contributed by atoms with Crippen LogP contribution in [0.5, 0.6) is 5.75 Å². The zero-order chi connectivity index (χ0) is 29.4. The fourth-order valence-electron chi connectivity index (χ4n) is 4.03. The Bertz CT molecular complexity index is 1450. The van der Waals surface area contributed by atoms with Crippen LogP contribution in [-0.4, -0.2) is 39.2 Å². The van der Waals surface area contributed by atoms with E-state index in [9.17, 15) is 18.0 Å². The largest absolute Gasteiger partial charge is 0.491 e. The lowest BCUT2D eigenvalue weighted by Gasteiger charge is -2.21. The molecule has 1 atom stereocenters. The van der Waals surface area contributed by atoms with E-state index in [2.05, 4.69) is 38.2 Å². The number of carbonyl (C=O) groups excluding carboxylic acids is 1. The standard InChI is InChI=1S/C28H27Cl2F3N6O2/c1-2-3-4-20(35-19-8-5-17(6-9-19)27(40)34-15-26-36-38-39-37-26)16-41-21-10-12-23(25(30)14-21)22-11-7-18(13-24(22)29)28(31,32)33/h5-14,20,35H,2-4,15-16H2,1H3,(H,34,40)(H,36,37,38,39)/t20-/m0/s1. The van der Waals surface area contributed by atoms with E-state index >= 15 is 0 Å². The van der Waals surface area contributed by atoms with Crippen molar-refractivity contribution in [1.82, 2.24) is 25.9 Å². The highest BCUT2D eigenvalue weighted by atomic mass is 35.5. The van der Waals surface area contributed by atoms with Crippen molar-refractivity contribution in [3.8, 4) is 16.9 Å². The number of tetrazole rings is 1. The van der Waals surface area contributed by atoms with Crippen molar-refractivity contribution in [2.24, 2.45) is 0 Å². The van der Waals surface area contributed by atoms with Gasteiger partial charge < -0.3 is 15.4 Å². The van der Waals surface area contributed by atoms with E-state index in [1.54, 1.807) is 30.3 Å². The molecule has 8 nitrogen and oxygen atoms in total. The van der Waals surface area contributed by atoms with Crippen LogP contribution in [0.3, 0.4) is 0 Å². The number of unbranched alkanes of at least 4 members (excludes halogenated alkanes) is 1. The minimum Gasteiger partial charge on any atom is -0.491 e. The number of hydrogen-bond donors (Lipinski definition) is 3. The molecule has 1 heterocycles. The number of nitrogens with one attached hydrogen (secondary N) is 3. The first-order valence-corrected chi connectivity index (χ1v) is 13.6. The van der Waals surface area contributed by atoms with Gasteiger partial charge in [0.2, 0.25) is 0 Å². The highest BCUT2D eigenvalue weighted by Gasteiger charge is 2.31. The smallest absolute Gasteiger partial charge is 0.416 e. The van der Waals surface area contributed by atoms with Crippen molar-refractivity contribution in [3.63, 3.8) is 0 Å². The molecule has 4 rings (SSSR count). The van der Waals surface area contributed by atoms with Crippen LogP contribution < -0.4 is 15.4 Å². The number of anilines is 1. The van der Waals surface area contributed by atoms with Gasteiger partial charge >= 0.3 is 6.18 Å². The molecule has 216 valence electrons. The van der Waals surface area contributed by atoms with E-state index < -0.39 is 11.7 Å². The average molecular weight is 607 g/mol. The molecular formula is C28H27Cl2F3N6O2. The van der Waals surface area contributed by atoms with E-state index in [0.717, 1.165) is 37.1 Å². The van der Waals surface area contributed by atoms with Gasteiger partial charge in [-0.2, -0.15) is 13.2 Å². The molecule has 0 aliphatic rings. The van der Waals surface area contributed by atoms with Crippen LogP contribution in [0.1, 0.15) is 47.9 Å². The van der Waals surface area contributed by atoms with Gasteiger partial charge in [0.15, 0.2) is 5.82 Å². The van der Waals surface area contributed by atoms with E-state index in [1.165, 1.54) is 6.07 Å². The minimum absolute atomic E-state index is 0.0311. The predicted octanol–water partition coefficient (Wildman–Crippen LogP) is 7.17. The number of aromatic amines is 1. The quantitative estimate of drug-likeness (QED) is 0.158. The first-order valence-electron chi connectivity index (χ1n) is 12.8. The van der Waals surface area contributed by atoms with E-state index in [-0.39, 0.29) is 23.5 Å². The summed E-state index contributed by atoms with van der Waals surface area (Å²) in [6.07, 6.45) is -1.66. The van der Waals surface area contributed by atoms with Crippen LogP contribution in [-0.2, 0) is 12.7 Å². The van der Waals surface area contributed by atoms with Gasteiger partial charge in [-0.3, -0.25) is 4.79 Å². The summed E-state index contributed by atoms with van der Waals surface area (Å²) in [7, 11) is 0. The molecule has 0 radical (unpaired) electrons. The zero-order valence-corrected chi connectivity index (χ0v) is 23.4. The lowest BCUT2D eigenvalue weighted by molar-refractivity contribution is -0.137. The van der Waals surface area contributed by atoms with Gasteiger partial charge in [-0.05, 0) is 71.4 Å². The number of H-pyrrole nitrogens is 1. The van der Waals surface area contributed by atoms with E-state index in [4.69, 9.17) is 27.9 Å². The van der Waals surface area contributed by atoms with E-state index in [0.29, 0.717) is 39.9 Å². The number of rotatable bonds is 12. The summed E-state index contributed by atoms with van der Waals surface area (Å²) in [5, 5.41) is 19.7. The maximum atomic E-state index is 13.0. The zero-order valence-electron chi connectivity index (χ0n) is 21.9. The van der Waals surface area contributed by atoms with Crippen molar-refractivity contribution in [2.45, 2.75) is 44.9 Å². The van der Waals surface area contributed by atoms with Gasteiger partial charge in [-0.1, -0.05) is 49.0 Å². The summed E-state index contributed by atoms with van der Waals surface area (Å²) in [6, 6.07) is 15.2. The van der Waals surface area contributed by atoms with Gasteiger partial charge in [-0.15, -0.1) is 5.10 Å². The number of ether oxygens (including phenoxy) is 1. The molecule has 3 N–H and O–H groups in total. The molecule has 0 bridgehead atoms. The maximum Gasteiger partial charge on any atom is 0.416 e. The topological polar surface area (TPSA) is 105 Å². The van der Waals surface area contributed by atoms with Crippen LogP contribution in [0.15, 0.2) is 60.7 Å². The second kappa shape index (κ2) is 13.7. The third-order valence-corrected chi connectivity index (χ3v) is 6.83. The highest BCUT2D eigenvalue weighted by molar-refractivity contribution is 6.36. The Labute approximate surface area is 244 Å². The molecule has 41 heavy (non-hydrogen) atoms. The number of amides is 1. The third-order valence-electron chi connectivity index (χ3n) is 6.21. The van der Waals surface area contributed by atoms with Crippen LogP contribution in [0.4, 0.5) is 18.9 Å². The van der Waals surface area contributed by atoms with Gasteiger partial charge in [0.1, 0.15) is 12.4 Å². The molecule has 0 saturated heterocycles. The second-order valence-electron chi connectivity index (χ2n) is 9.24. The van der Waals surface area contributed by atoms with Crippen LogP contribution in [0.25, 0.3) is 11.1 Å². The Morgan fingerprint density at radius 1 is 1.02 bits per heavy atom. The number of halogens is 5. The molecule has 3 aromatic carbocycles. The van der Waals surface area contributed by atoms with Crippen molar-refractivity contribution in [3.05, 3.63) is 87.7 Å². The summed E-state index contributed by atoms with van der Waals surface area (Å²) < 4.78 is 45.0. The molecule has 0 fully saturated rings. The van der Waals surface area contributed by atoms with Gasteiger partial charge in [0, 0.05) is 27.4 Å². The van der Waals surface area contributed by atoms with Crippen molar-refractivity contribution in [2.75, 3.05) is 11.9 Å². The molecule has 0 saturated carbocycles. The van der Waals surface area contributed by atoms with Crippen molar-refractivity contribution in [1.29, 1.82) is 0 Å². The molecule has 1 amide bonds. The van der Waals surface area contributed by atoms with Gasteiger partial charge in [0.25, 0.3) is 5.91 Å². The Hall–Kier alpha value is -3.83. The first kappa shape index (κ1) is 30.1. The Balaban J connectivity index is 1.37.